The van der Waals surface area contributed by atoms with Crippen molar-refractivity contribution in [1.29, 1.82) is 0 Å². The van der Waals surface area contributed by atoms with Gasteiger partial charge in [0.2, 0.25) is 11.9 Å². The third-order valence-electron chi connectivity index (χ3n) is 5.79. The minimum atomic E-state index is 0.00428. The van der Waals surface area contributed by atoms with Gasteiger partial charge in [0.15, 0.2) is 0 Å². The Morgan fingerprint density at radius 2 is 2.00 bits per heavy atom. The van der Waals surface area contributed by atoms with E-state index in [1.54, 1.807) is 12.4 Å². The molecule has 4 rings (SSSR count). The molecule has 1 atom stereocenters. The number of piperidine rings is 1. The minimum Gasteiger partial charge on any atom is -0.352 e. The van der Waals surface area contributed by atoms with Crippen molar-refractivity contribution >= 4 is 11.9 Å². The fourth-order valence-electron chi connectivity index (χ4n) is 3.92. The highest BCUT2D eigenvalue weighted by atomic mass is 16.1. The van der Waals surface area contributed by atoms with E-state index in [0.29, 0.717) is 6.54 Å². The van der Waals surface area contributed by atoms with Gasteiger partial charge in [-0.2, -0.15) is 0 Å². The molecule has 0 aromatic carbocycles. The lowest BCUT2D eigenvalue weighted by molar-refractivity contribution is -0.125. The SMILES string of the molecule is CC1CCN(c2ncc3c(n2)CCC(C(=O)NCc2ccncc2)C3)CC1. The van der Waals surface area contributed by atoms with E-state index in [0.717, 1.165) is 61.0 Å². The summed E-state index contributed by atoms with van der Waals surface area (Å²) in [6.07, 6.45) is 10.3. The van der Waals surface area contributed by atoms with Crippen LogP contribution in [0.25, 0.3) is 0 Å². The molecular formula is C21H27N5O. The van der Waals surface area contributed by atoms with Crippen molar-refractivity contribution in [2.45, 2.75) is 45.6 Å². The van der Waals surface area contributed by atoms with E-state index in [4.69, 9.17) is 4.98 Å². The summed E-state index contributed by atoms with van der Waals surface area (Å²) in [5.74, 6) is 1.78. The van der Waals surface area contributed by atoms with Crippen LogP contribution in [0.4, 0.5) is 5.95 Å². The van der Waals surface area contributed by atoms with Gasteiger partial charge in [0.1, 0.15) is 0 Å². The van der Waals surface area contributed by atoms with Crippen molar-refractivity contribution in [3.8, 4) is 0 Å². The summed E-state index contributed by atoms with van der Waals surface area (Å²) in [6, 6.07) is 3.85. The van der Waals surface area contributed by atoms with Gasteiger partial charge in [-0.3, -0.25) is 9.78 Å². The molecule has 2 aromatic rings. The van der Waals surface area contributed by atoms with E-state index >= 15 is 0 Å². The Hall–Kier alpha value is -2.50. The molecule has 0 bridgehead atoms. The standard InChI is InChI=1S/C21H27N5O/c1-15-6-10-26(11-7-15)21-24-14-18-12-17(2-3-19(18)25-21)20(27)23-13-16-4-8-22-9-5-16/h4-5,8-9,14-15,17H,2-3,6-7,10-13H2,1H3,(H,23,27). The fraction of sp³-hybridized carbons (Fsp3) is 0.524. The number of aromatic nitrogens is 3. The van der Waals surface area contributed by atoms with Crippen molar-refractivity contribution in [3.63, 3.8) is 0 Å². The van der Waals surface area contributed by atoms with Gasteiger partial charge in [-0.15, -0.1) is 0 Å². The Labute approximate surface area is 160 Å². The van der Waals surface area contributed by atoms with Crippen LogP contribution in [0.3, 0.4) is 0 Å². The van der Waals surface area contributed by atoms with Gasteiger partial charge in [0.05, 0.1) is 0 Å². The lowest BCUT2D eigenvalue weighted by Gasteiger charge is -2.31. The molecule has 0 spiro atoms. The van der Waals surface area contributed by atoms with Gasteiger partial charge in [-0.05, 0) is 61.3 Å². The minimum absolute atomic E-state index is 0.00428. The number of pyridine rings is 1. The van der Waals surface area contributed by atoms with Crippen LogP contribution >= 0.6 is 0 Å². The molecule has 1 unspecified atom stereocenters. The summed E-state index contributed by atoms with van der Waals surface area (Å²) < 4.78 is 0. The lowest BCUT2D eigenvalue weighted by Crippen LogP contribution is -2.36. The van der Waals surface area contributed by atoms with E-state index in [9.17, 15) is 4.79 Å². The Morgan fingerprint density at radius 1 is 1.22 bits per heavy atom. The molecule has 142 valence electrons. The Morgan fingerprint density at radius 3 is 2.78 bits per heavy atom. The monoisotopic (exact) mass is 365 g/mol. The van der Waals surface area contributed by atoms with E-state index in [1.807, 2.05) is 18.3 Å². The zero-order valence-electron chi connectivity index (χ0n) is 15.9. The van der Waals surface area contributed by atoms with Crippen molar-refractivity contribution < 1.29 is 4.79 Å². The van der Waals surface area contributed by atoms with Crippen molar-refractivity contribution in [1.82, 2.24) is 20.3 Å². The molecule has 1 N–H and O–H groups in total. The van der Waals surface area contributed by atoms with Crippen LogP contribution in [0.15, 0.2) is 30.7 Å². The summed E-state index contributed by atoms with van der Waals surface area (Å²) in [6.45, 7) is 4.94. The number of aryl methyl sites for hydroxylation is 1. The smallest absolute Gasteiger partial charge is 0.225 e. The average molecular weight is 365 g/mol. The van der Waals surface area contributed by atoms with Crippen LogP contribution in [0.2, 0.25) is 0 Å². The Bertz CT molecular complexity index is 786. The first-order valence-corrected chi connectivity index (χ1v) is 9.95. The molecule has 6 nitrogen and oxygen atoms in total. The van der Waals surface area contributed by atoms with Gasteiger partial charge in [-0.25, -0.2) is 9.97 Å². The molecule has 27 heavy (non-hydrogen) atoms. The van der Waals surface area contributed by atoms with Crippen LogP contribution < -0.4 is 10.2 Å². The maximum atomic E-state index is 12.6. The van der Waals surface area contributed by atoms with Gasteiger partial charge in [0.25, 0.3) is 0 Å². The summed E-state index contributed by atoms with van der Waals surface area (Å²) in [5.41, 5.74) is 3.31. The second-order valence-corrected chi connectivity index (χ2v) is 7.82. The zero-order valence-corrected chi connectivity index (χ0v) is 15.9. The second-order valence-electron chi connectivity index (χ2n) is 7.82. The quantitative estimate of drug-likeness (QED) is 0.901. The molecular weight excluding hydrogens is 338 g/mol. The zero-order chi connectivity index (χ0) is 18.6. The third-order valence-corrected chi connectivity index (χ3v) is 5.79. The van der Waals surface area contributed by atoms with Crippen molar-refractivity contribution in [3.05, 3.63) is 47.5 Å². The number of nitrogens with one attached hydrogen (secondary N) is 1. The van der Waals surface area contributed by atoms with E-state index in [2.05, 4.69) is 27.1 Å². The van der Waals surface area contributed by atoms with Gasteiger partial charge in [-0.1, -0.05) is 6.92 Å². The van der Waals surface area contributed by atoms with Crippen LogP contribution in [0, 0.1) is 11.8 Å². The van der Waals surface area contributed by atoms with Gasteiger partial charge in [0, 0.05) is 49.8 Å². The third kappa shape index (κ3) is 4.26. The molecule has 1 saturated heterocycles. The number of hydrogen-bond donors (Lipinski definition) is 1. The van der Waals surface area contributed by atoms with E-state index in [-0.39, 0.29) is 11.8 Å². The molecule has 3 heterocycles. The van der Waals surface area contributed by atoms with E-state index < -0.39 is 0 Å². The topological polar surface area (TPSA) is 71.0 Å². The molecule has 1 amide bonds. The highest BCUT2D eigenvalue weighted by molar-refractivity contribution is 5.79. The predicted octanol–water partition coefficient (Wildman–Crippen LogP) is 2.53. The maximum absolute atomic E-state index is 12.6. The summed E-state index contributed by atoms with van der Waals surface area (Å²) >= 11 is 0. The van der Waals surface area contributed by atoms with E-state index in [1.165, 1.54) is 12.8 Å². The number of hydrogen-bond acceptors (Lipinski definition) is 5. The average Bonchev–Trinajstić information content (AvgIpc) is 2.72. The number of rotatable bonds is 4. The number of carbonyl (C=O) groups excluding carboxylic acids is 1. The molecule has 1 fully saturated rings. The number of anilines is 1. The first kappa shape index (κ1) is 17.9. The normalized spacial score (nSPS) is 20.2. The largest absolute Gasteiger partial charge is 0.352 e. The first-order chi connectivity index (χ1) is 13.2. The Balaban J connectivity index is 1.36. The molecule has 0 radical (unpaired) electrons. The predicted molar refractivity (Wildman–Crippen MR) is 104 cm³/mol. The summed E-state index contributed by atoms with van der Waals surface area (Å²) in [4.78, 5) is 28.3. The second kappa shape index (κ2) is 8.03. The molecule has 6 heteroatoms. The highest BCUT2D eigenvalue weighted by Crippen LogP contribution is 2.27. The number of nitrogens with zero attached hydrogens (tertiary/aromatic N) is 4. The lowest BCUT2D eigenvalue weighted by atomic mass is 9.86. The van der Waals surface area contributed by atoms with Crippen LogP contribution in [0.1, 0.15) is 43.0 Å². The van der Waals surface area contributed by atoms with Crippen LogP contribution in [-0.4, -0.2) is 33.9 Å². The molecule has 2 aliphatic rings. The summed E-state index contributed by atoms with van der Waals surface area (Å²) in [7, 11) is 0. The highest BCUT2D eigenvalue weighted by Gasteiger charge is 2.27. The molecule has 0 saturated carbocycles. The fourth-order valence-corrected chi connectivity index (χ4v) is 3.92. The van der Waals surface area contributed by atoms with Crippen molar-refractivity contribution in [2.75, 3.05) is 18.0 Å². The first-order valence-electron chi connectivity index (χ1n) is 9.95. The maximum Gasteiger partial charge on any atom is 0.225 e. The van der Waals surface area contributed by atoms with Crippen LogP contribution in [0.5, 0.6) is 0 Å². The summed E-state index contributed by atoms with van der Waals surface area (Å²) in [5, 5.41) is 3.05. The molecule has 1 aliphatic heterocycles. The Kier molecular flexibility index (Phi) is 5.32. The van der Waals surface area contributed by atoms with Crippen LogP contribution in [-0.2, 0) is 24.2 Å². The van der Waals surface area contributed by atoms with Crippen molar-refractivity contribution in [2.24, 2.45) is 11.8 Å². The van der Waals surface area contributed by atoms with Gasteiger partial charge >= 0.3 is 0 Å². The number of fused-ring (bicyclic) bond motifs is 1. The van der Waals surface area contributed by atoms with Gasteiger partial charge < -0.3 is 10.2 Å². The molecule has 1 aliphatic carbocycles. The number of carbonyl (C=O) groups is 1. The number of amides is 1. The molecule has 2 aromatic heterocycles.